The van der Waals surface area contributed by atoms with Gasteiger partial charge in [0.2, 0.25) is 5.91 Å². The standard InChI is InChI=1S/C33H44N2O5S/c1-7-40-20-9-18-35(32(37)26-12-14-27(15-13-26)33(2,3)4)24-31(36)34(23-28-10-8-21-41-28)19-17-25-11-16-29(38-5)30(22-25)39-6/h8,10-16,21-22H,7,9,17-20,23-24H2,1-6H3. The van der Waals surface area contributed by atoms with Gasteiger partial charge in [-0.2, -0.15) is 0 Å². The van der Waals surface area contributed by atoms with Crippen LogP contribution in [0.5, 0.6) is 11.5 Å². The van der Waals surface area contributed by atoms with Crippen molar-refractivity contribution in [1.82, 2.24) is 9.80 Å². The first-order valence-corrected chi connectivity index (χ1v) is 15.0. The number of benzene rings is 2. The van der Waals surface area contributed by atoms with E-state index in [4.69, 9.17) is 14.2 Å². The number of carbonyl (C=O) groups is 2. The molecule has 0 radical (unpaired) electrons. The van der Waals surface area contributed by atoms with Gasteiger partial charge < -0.3 is 24.0 Å². The lowest BCUT2D eigenvalue weighted by Gasteiger charge is -2.28. The van der Waals surface area contributed by atoms with Gasteiger partial charge in [-0.15, -0.1) is 11.3 Å². The quantitative estimate of drug-likeness (QED) is 0.200. The van der Waals surface area contributed by atoms with Crippen LogP contribution in [-0.4, -0.2) is 68.7 Å². The summed E-state index contributed by atoms with van der Waals surface area (Å²) in [6, 6.07) is 17.6. The molecule has 41 heavy (non-hydrogen) atoms. The van der Waals surface area contributed by atoms with Crippen molar-refractivity contribution in [2.75, 3.05) is 47.1 Å². The maximum atomic E-state index is 13.8. The molecule has 2 amide bonds. The molecule has 0 unspecified atom stereocenters. The Morgan fingerprint density at radius 2 is 1.63 bits per heavy atom. The van der Waals surface area contributed by atoms with Crippen LogP contribution in [-0.2, 0) is 27.9 Å². The van der Waals surface area contributed by atoms with Crippen LogP contribution >= 0.6 is 11.3 Å². The van der Waals surface area contributed by atoms with Gasteiger partial charge in [-0.25, -0.2) is 0 Å². The van der Waals surface area contributed by atoms with Crippen molar-refractivity contribution in [3.05, 3.63) is 81.5 Å². The Kier molecular flexibility index (Phi) is 12.2. The zero-order valence-electron chi connectivity index (χ0n) is 25.3. The SMILES string of the molecule is CCOCCCN(CC(=O)N(CCc1ccc(OC)c(OC)c1)Cc1cccs1)C(=O)c1ccc(C(C)(C)C)cc1. The van der Waals surface area contributed by atoms with Gasteiger partial charge in [0.15, 0.2) is 11.5 Å². The summed E-state index contributed by atoms with van der Waals surface area (Å²) < 4.78 is 16.3. The number of nitrogens with zero attached hydrogens (tertiary/aromatic N) is 2. The fourth-order valence-corrected chi connectivity index (χ4v) is 5.22. The molecule has 0 aliphatic heterocycles. The summed E-state index contributed by atoms with van der Waals surface area (Å²) in [7, 11) is 3.22. The molecular weight excluding hydrogens is 536 g/mol. The molecule has 1 aromatic heterocycles. The predicted molar refractivity (Wildman–Crippen MR) is 165 cm³/mol. The van der Waals surface area contributed by atoms with Crippen LogP contribution in [0.15, 0.2) is 60.0 Å². The van der Waals surface area contributed by atoms with E-state index < -0.39 is 0 Å². The van der Waals surface area contributed by atoms with Gasteiger partial charge in [0.25, 0.3) is 5.91 Å². The molecule has 3 rings (SSSR count). The zero-order chi connectivity index (χ0) is 29.8. The molecule has 0 aliphatic carbocycles. The van der Waals surface area contributed by atoms with Crippen LogP contribution in [0.2, 0.25) is 0 Å². The number of methoxy groups -OCH3 is 2. The molecule has 0 spiro atoms. The van der Waals surface area contributed by atoms with Crippen LogP contribution in [0.3, 0.4) is 0 Å². The normalized spacial score (nSPS) is 11.3. The van der Waals surface area contributed by atoms with E-state index in [9.17, 15) is 9.59 Å². The summed E-state index contributed by atoms with van der Waals surface area (Å²) >= 11 is 1.62. The van der Waals surface area contributed by atoms with Crippen LogP contribution in [0.1, 0.15) is 60.5 Å². The molecule has 0 fully saturated rings. The minimum Gasteiger partial charge on any atom is -0.493 e. The molecule has 222 valence electrons. The minimum atomic E-state index is -0.147. The molecule has 0 atom stereocenters. The van der Waals surface area contributed by atoms with E-state index >= 15 is 0 Å². The second-order valence-corrected chi connectivity index (χ2v) is 12.0. The Labute approximate surface area is 249 Å². The summed E-state index contributed by atoms with van der Waals surface area (Å²) in [5, 5.41) is 2.01. The monoisotopic (exact) mass is 580 g/mol. The first-order valence-electron chi connectivity index (χ1n) is 14.1. The molecule has 0 saturated heterocycles. The maximum Gasteiger partial charge on any atom is 0.254 e. The van der Waals surface area contributed by atoms with E-state index in [1.165, 1.54) is 0 Å². The van der Waals surface area contributed by atoms with Gasteiger partial charge in [-0.3, -0.25) is 9.59 Å². The van der Waals surface area contributed by atoms with Crippen molar-refractivity contribution in [2.24, 2.45) is 0 Å². The fourth-order valence-electron chi connectivity index (χ4n) is 4.50. The van der Waals surface area contributed by atoms with Gasteiger partial charge >= 0.3 is 0 Å². The van der Waals surface area contributed by atoms with Crippen molar-refractivity contribution >= 4 is 23.2 Å². The lowest BCUT2D eigenvalue weighted by Crippen LogP contribution is -2.44. The summed E-state index contributed by atoms with van der Waals surface area (Å²) in [4.78, 5) is 32.0. The number of carbonyl (C=O) groups excluding carboxylic acids is 2. The average Bonchev–Trinajstić information content (AvgIpc) is 3.49. The second kappa shape index (κ2) is 15.6. The van der Waals surface area contributed by atoms with Crippen molar-refractivity contribution in [2.45, 2.75) is 52.5 Å². The Morgan fingerprint density at radius 3 is 2.24 bits per heavy atom. The van der Waals surface area contributed by atoms with Gasteiger partial charge in [0, 0.05) is 36.7 Å². The largest absolute Gasteiger partial charge is 0.493 e. The highest BCUT2D eigenvalue weighted by Gasteiger charge is 2.24. The van der Waals surface area contributed by atoms with Crippen LogP contribution < -0.4 is 9.47 Å². The van der Waals surface area contributed by atoms with Crippen molar-refractivity contribution in [3.63, 3.8) is 0 Å². The second-order valence-electron chi connectivity index (χ2n) is 10.9. The highest BCUT2D eigenvalue weighted by molar-refractivity contribution is 7.09. The van der Waals surface area contributed by atoms with Gasteiger partial charge in [0.1, 0.15) is 6.54 Å². The highest BCUT2D eigenvalue weighted by Crippen LogP contribution is 2.28. The number of ether oxygens (including phenoxy) is 3. The van der Waals surface area contributed by atoms with E-state index in [2.05, 4.69) is 20.8 Å². The Bertz CT molecular complexity index is 1240. The average molecular weight is 581 g/mol. The molecule has 0 N–H and O–H groups in total. The lowest BCUT2D eigenvalue weighted by atomic mass is 9.86. The first-order chi connectivity index (χ1) is 19.7. The Balaban J connectivity index is 1.79. The Morgan fingerprint density at radius 1 is 0.902 bits per heavy atom. The predicted octanol–water partition coefficient (Wildman–Crippen LogP) is 6.20. The number of hydrogen-bond acceptors (Lipinski definition) is 6. The van der Waals surface area contributed by atoms with Gasteiger partial charge in [0.05, 0.1) is 20.8 Å². The van der Waals surface area contributed by atoms with Crippen molar-refractivity contribution < 1.29 is 23.8 Å². The van der Waals surface area contributed by atoms with Crippen LogP contribution in [0, 0.1) is 0 Å². The third-order valence-electron chi connectivity index (χ3n) is 6.93. The number of hydrogen-bond donors (Lipinski definition) is 0. The van der Waals surface area contributed by atoms with Crippen LogP contribution in [0.25, 0.3) is 0 Å². The Hall–Kier alpha value is -3.36. The smallest absolute Gasteiger partial charge is 0.254 e. The van der Waals surface area contributed by atoms with E-state index in [1.807, 2.05) is 71.8 Å². The molecule has 3 aromatic rings. The van der Waals surface area contributed by atoms with E-state index in [0.29, 0.717) is 62.8 Å². The summed E-state index contributed by atoms with van der Waals surface area (Å²) in [6.07, 6.45) is 1.30. The molecule has 0 saturated carbocycles. The zero-order valence-corrected chi connectivity index (χ0v) is 26.1. The molecule has 8 heteroatoms. The lowest BCUT2D eigenvalue weighted by molar-refractivity contribution is -0.132. The third-order valence-corrected chi connectivity index (χ3v) is 7.79. The highest BCUT2D eigenvalue weighted by atomic mass is 32.1. The molecule has 2 aromatic carbocycles. The molecule has 1 heterocycles. The van der Waals surface area contributed by atoms with E-state index in [-0.39, 0.29) is 23.8 Å². The molecule has 0 aliphatic rings. The maximum absolute atomic E-state index is 13.8. The third kappa shape index (κ3) is 9.61. The van der Waals surface area contributed by atoms with Gasteiger partial charge in [-0.05, 0) is 72.0 Å². The minimum absolute atomic E-state index is 0.00326. The van der Waals surface area contributed by atoms with Crippen molar-refractivity contribution in [1.29, 1.82) is 0 Å². The number of rotatable bonds is 15. The topological polar surface area (TPSA) is 68.3 Å². The molecule has 7 nitrogen and oxygen atoms in total. The van der Waals surface area contributed by atoms with E-state index in [1.54, 1.807) is 30.5 Å². The number of thiophene rings is 1. The van der Waals surface area contributed by atoms with Crippen LogP contribution in [0.4, 0.5) is 0 Å². The summed E-state index contributed by atoms with van der Waals surface area (Å²) in [6.45, 7) is 11.0. The molecule has 0 bridgehead atoms. The first kappa shape index (κ1) is 32.2. The molecular formula is C33H44N2O5S. The number of amides is 2. The fraction of sp³-hybridized carbons (Fsp3) is 0.455. The van der Waals surface area contributed by atoms with Gasteiger partial charge in [-0.1, -0.05) is 45.0 Å². The van der Waals surface area contributed by atoms with Crippen molar-refractivity contribution in [3.8, 4) is 11.5 Å². The summed E-state index contributed by atoms with van der Waals surface area (Å²) in [5.74, 6) is 1.09. The van der Waals surface area contributed by atoms with E-state index in [0.717, 1.165) is 16.0 Å². The summed E-state index contributed by atoms with van der Waals surface area (Å²) in [5.41, 5.74) is 2.77.